The van der Waals surface area contributed by atoms with Crippen LogP contribution < -0.4 is 22.6 Å². The van der Waals surface area contributed by atoms with Crippen molar-refractivity contribution in [2.45, 2.75) is 49.1 Å². The van der Waals surface area contributed by atoms with Crippen LogP contribution in [0.15, 0.2) is 22.2 Å². The Balaban J connectivity index is 1.18. The molecule has 22 nitrogen and oxygen atoms in total. The minimum atomic E-state index is -4.36. The van der Waals surface area contributed by atoms with Crippen LogP contribution in [-0.2, 0) is 36.7 Å². The molecule has 0 bridgehead atoms. The average molecular weight is 723 g/mol. The molecule has 46 heavy (non-hydrogen) atoms. The van der Waals surface area contributed by atoms with Gasteiger partial charge >= 0.3 is 13.6 Å². The maximum absolute atomic E-state index is 13.4. The van der Waals surface area contributed by atoms with E-state index in [1.54, 1.807) is 0 Å². The van der Waals surface area contributed by atoms with Crippen LogP contribution in [0.5, 0.6) is 0 Å². The molecule has 2 unspecified atom stereocenters. The minimum absolute atomic E-state index is 0.0429. The first-order valence-corrected chi connectivity index (χ1v) is 18.5. The lowest BCUT2D eigenvalue weighted by atomic mass is 10.1. The number of nitrogens with one attached hydrogen (secondary N) is 2. The summed E-state index contributed by atoms with van der Waals surface area (Å²) >= 11 is 8.07. The van der Waals surface area contributed by atoms with Gasteiger partial charge in [-0.15, -0.1) is 0 Å². The Morgan fingerprint density at radius 3 is 1.57 bits per heavy atom. The predicted molar refractivity (Wildman–Crippen MR) is 160 cm³/mol. The van der Waals surface area contributed by atoms with Gasteiger partial charge in [0.25, 0.3) is 11.1 Å². The molecule has 3 aliphatic rings. The first-order chi connectivity index (χ1) is 21.7. The van der Waals surface area contributed by atoms with Crippen LogP contribution in [0.4, 0.5) is 11.9 Å². The van der Waals surface area contributed by atoms with Gasteiger partial charge in [-0.05, 0) is 0 Å². The molecule has 0 saturated carbocycles. The summed E-state index contributed by atoms with van der Waals surface area (Å²) in [5.74, 6) is -0.460. The number of aromatic nitrogens is 8. The maximum atomic E-state index is 13.4. The topological polar surface area (TPSA) is 309 Å². The molecular formula is C20H24N10O12P2S2. The molecule has 10 atom stereocenters. The molecule has 7 heterocycles. The maximum Gasteiger partial charge on any atom is 0.386 e. The normalized spacial score (nSPS) is 37.1. The molecule has 8 N–H and O–H groups in total. The first-order valence-electron chi connectivity index (χ1n) is 13.1. The molecule has 0 amide bonds. The number of H-pyrrole nitrogens is 2. The zero-order valence-corrected chi connectivity index (χ0v) is 26.4. The van der Waals surface area contributed by atoms with Crippen LogP contribution in [0.3, 0.4) is 0 Å². The van der Waals surface area contributed by atoms with Gasteiger partial charge in [0.15, 0.2) is 34.8 Å². The number of nitrogens with two attached hydrogens (primary N) is 2. The summed E-state index contributed by atoms with van der Waals surface area (Å²) in [6.07, 6.45) is -9.18. The van der Waals surface area contributed by atoms with Gasteiger partial charge in [0, 0.05) is 0 Å². The van der Waals surface area contributed by atoms with E-state index in [-0.39, 0.29) is 34.2 Å². The minimum Gasteiger partial charge on any atom is -0.386 e. The summed E-state index contributed by atoms with van der Waals surface area (Å²) in [7, 11) is 0. The summed E-state index contributed by atoms with van der Waals surface area (Å²) in [4.78, 5) is 45.2. The van der Waals surface area contributed by atoms with Crippen molar-refractivity contribution >= 4 is 72.3 Å². The van der Waals surface area contributed by atoms with Crippen LogP contribution in [0.1, 0.15) is 12.5 Å². The fourth-order valence-electron chi connectivity index (χ4n) is 5.39. The zero-order valence-electron chi connectivity index (χ0n) is 22.8. The van der Waals surface area contributed by atoms with E-state index in [9.17, 15) is 28.9 Å². The third-order valence-electron chi connectivity index (χ3n) is 7.38. The van der Waals surface area contributed by atoms with Crippen molar-refractivity contribution in [3.63, 3.8) is 0 Å². The van der Waals surface area contributed by atoms with Crippen LogP contribution in [0.25, 0.3) is 22.3 Å². The second kappa shape index (κ2) is 11.4. The fourth-order valence-corrected chi connectivity index (χ4v) is 8.37. The second-order valence-corrected chi connectivity index (χ2v) is 16.1. The van der Waals surface area contributed by atoms with Crippen LogP contribution in [-0.4, -0.2) is 99.1 Å². The number of imidazole rings is 2. The molecule has 26 heteroatoms. The van der Waals surface area contributed by atoms with E-state index in [4.69, 9.17) is 39.0 Å². The number of nitrogens with zero attached hydrogens (tertiary/aromatic N) is 6. The molecule has 0 aliphatic carbocycles. The van der Waals surface area contributed by atoms with Crippen molar-refractivity contribution in [1.82, 2.24) is 39.0 Å². The van der Waals surface area contributed by atoms with Crippen molar-refractivity contribution in [2.75, 3.05) is 24.7 Å². The lowest BCUT2D eigenvalue weighted by Crippen LogP contribution is -2.38. The van der Waals surface area contributed by atoms with E-state index in [1.165, 1.54) is 9.13 Å². The van der Waals surface area contributed by atoms with E-state index in [1.807, 2.05) is 0 Å². The van der Waals surface area contributed by atoms with Crippen LogP contribution in [0, 0.1) is 0 Å². The highest BCUT2D eigenvalue weighted by Crippen LogP contribution is 2.60. The Kier molecular flexibility index (Phi) is 7.85. The number of aromatic amines is 2. The molecule has 4 aromatic heterocycles. The molecule has 3 aliphatic heterocycles. The number of thiol groups is 2. The molecule has 3 fully saturated rings. The number of nitrogen functional groups attached to an aromatic ring is 2. The monoisotopic (exact) mass is 722 g/mol. The largest absolute Gasteiger partial charge is 0.386 e. The quantitative estimate of drug-likeness (QED) is 0.0892. The predicted octanol–water partition coefficient (Wildman–Crippen LogP) is -1.17. The highest BCUT2D eigenvalue weighted by atomic mass is 32.7. The zero-order chi connectivity index (χ0) is 32.7. The third-order valence-corrected chi connectivity index (χ3v) is 10.6. The Labute approximate surface area is 265 Å². The number of anilines is 2. The van der Waals surface area contributed by atoms with Gasteiger partial charge in [-0.25, -0.2) is 19.1 Å². The van der Waals surface area contributed by atoms with Gasteiger partial charge in [-0.1, -0.05) is 24.5 Å². The molecular weight excluding hydrogens is 698 g/mol. The number of fused-ring (bicyclic) bond motifs is 4. The molecule has 3 saturated heterocycles. The smallest absolute Gasteiger partial charge is 0.386 e. The number of aliphatic hydroxyl groups is 2. The van der Waals surface area contributed by atoms with Crippen molar-refractivity contribution < 1.29 is 46.9 Å². The lowest BCUT2D eigenvalue weighted by molar-refractivity contribution is -0.0561. The van der Waals surface area contributed by atoms with Crippen molar-refractivity contribution in [3.05, 3.63) is 33.4 Å². The third kappa shape index (κ3) is 5.56. The Hall–Kier alpha value is -2.86. The van der Waals surface area contributed by atoms with Gasteiger partial charge in [0.2, 0.25) is 11.9 Å². The highest BCUT2D eigenvalue weighted by Gasteiger charge is 2.53. The number of ether oxygens (including phenoxy) is 2. The van der Waals surface area contributed by atoms with Gasteiger partial charge in [0.05, 0.1) is 25.9 Å². The van der Waals surface area contributed by atoms with Gasteiger partial charge in [-0.2, -0.15) is 9.97 Å². The summed E-state index contributed by atoms with van der Waals surface area (Å²) < 4.78 is 63.2. The first kappa shape index (κ1) is 31.7. The van der Waals surface area contributed by atoms with E-state index in [0.29, 0.717) is 0 Å². The Morgan fingerprint density at radius 1 is 0.783 bits per heavy atom. The highest BCUT2D eigenvalue weighted by molar-refractivity contribution is 8.44. The van der Waals surface area contributed by atoms with Crippen LogP contribution >= 0.6 is 38.1 Å². The molecule has 248 valence electrons. The van der Waals surface area contributed by atoms with Crippen molar-refractivity contribution in [1.29, 1.82) is 0 Å². The fraction of sp³-hybridized carbons (Fsp3) is 0.500. The van der Waals surface area contributed by atoms with E-state index in [2.05, 4.69) is 54.4 Å². The van der Waals surface area contributed by atoms with Crippen molar-refractivity contribution in [2.24, 2.45) is 0 Å². The second-order valence-electron chi connectivity index (χ2n) is 10.3. The van der Waals surface area contributed by atoms with Crippen molar-refractivity contribution in [3.8, 4) is 0 Å². The number of hydrogen-bond acceptors (Lipinski definition) is 18. The summed E-state index contributed by atoms with van der Waals surface area (Å²) in [5, 5.41) is 22.5. The summed E-state index contributed by atoms with van der Waals surface area (Å²) in [6.45, 7) is -9.96. The van der Waals surface area contributed by atoms with Gasteiger partial charge < -0.3 is 31.2 Å². The average Bonchev–Trinajstić information content (AvgIpc) is 3.72. The van der Waals surface area contributed by atoms with E-state index in [0.717, 1.165) is 12.7 Å². The van der Waals surface area contributed by atoms with Crippen LogP contribution in [0.2, 0.25) is 0 Å². The van der Waals surface area contributed by atoms with Gasteiger partial charge in [0.1, 0.15) is 36.6 Å². The standard InChI is InChI=1S/C20H24N10O12P2S2/c21-19-25-13-7(15(33)27-19)23-3-29(13)17-9(31)11-5(39-17)1-37-43(35,45)42-12-6(2-38-44(36,46)41-11)40-18(10(12)32)30-4-24-8-14(30)26-20(22)28-16(8)34/h3-6,9-12,17-18,31-32H,1-2H2,(H,35,45)(H,36,46)(H3,21,25,27,33)(H3,22,26,28,34)/t5-,6-,9+,10+,11?,12?,17-,18-,43-,44+/m1/s1. The number of rotatable bonds is 2. The molecule has 0 spiro atoms. The van der Waals surface area contributed by atoms with Gasteiger partial charge in [-0.3, -0.25) is 46.8 Å². The lowest BCUT2D eigenvalue weighted by Gasteiger charge is -2.28. The number of aliphatic hydroxyl groups excluding tert-OH is 2. The van der Waals surface area contributed by atoms with E-state index < -0.39 is 87.0 Å². The SMILES string of the molecule is Nc1nc2c(ncn2[C@@H]2O[C@@H]3CO[P@@](=O)(S)OC4[C@@H](CO[P@](=O)(S)OC3[C@@H]2O)O[C@@H](n2cnc3c(=O)[nH]c(N)nc32)[C@H]4O)c(=O)[nH]1. The summed E-state index contributed by atoms with van der Waals surface area (Å²) in [5.41, 5.74) is 9.74. The molecule has 0 aromatic carbocycles. The molecule has 0 radical (unpaired) electrons. The Morgan fingerprint density at radius 2 is 1.17 bits per heavy atom. The Bertz CT molecular complexity index is 1910. The summed E-state index contributed by atoms with van der Waals surface area (Å²) in [6, 6.07) is 0. The number of hydrogen-bond donors (Lipinski definition) is 8. The van der Waals surface area contributed by atoms with E-state index >= 15 is 0 Å². The molecule has 7 rings (SSSR count). The molecule has 4 aromatic rings.